The SMILES string of the molecule is O=C(c1cnccn1)N1CCC2(CCN(CCN3CCCC3)CC2)CC1. The lowest BCUT2D eigenvalue weighted by molar-refractivity contribution is 0.0284. The molecule has 3 saturated heterocycles. The minimum absolute atomic E-state index is 0.0380. The van der Waals surface area contributed by atoms with Crippen LogP contribution in [-0.2, 0) is 0 Å². The van der Waals surface area contributed by atoms with E-state index >= 15 is 0 Å². The van der Waals surface area contributed by atoms with Crippen molar-refractivity contribution in [2.75, 3.05) is 52.4 Å². The van der Waals surface area contributed by atoms with Gasteiger partial charge in [0.1, 0.15) is 5.69 Å². The molecule has 1 spiro atoms. The first-order valence-corrected chi connectivity index (χ1v) is 10.2. The molecular weight excluding hydrogens is 326 g/mol. The van der Waals surface area contributed by atoms with Gasteiger partial charge >= 0.3 is 0 Å². The summed E-state index contributed by atoms with van der Waals surface area (Å²) in [4.78, 5) is 28.0. The molecule has 6 heteroatoms. The maximum Gasteiger partial charge on any atom is 0.274 e. The van der Waals surface area contributed by atoms with Crippen LogP contribution in [0.5, 0.6) is 0 Å². The number of carbonyl (C=O) groups is 1. The zero-order valence-electron chi connectivity index (χ0n) is 15.8. The largest absolute Gasteiger partial charge is 0.337 e. The van der Waals surface area contributed by atoms with E-state index in [0.717, 1.165) is 25.9 Å². The fraction of sp³-hybridized carbons (Fsp3) is 0.750. The molecule has 1 aromatic heterocycles. The van der Waals surface area contributed by atoms with Crippen molar-refractivity contribution >= 4 is 5.91 Å². The van der Waals surface area contributed by atoms with Crippen molar-refractivity contribution in [2.24, 2.45) is 5.41 Å². The van der Waals surface area contributed by atoms with E-state index in [4.69, 9.17) is 0 Å². The van der Waals surface area contributed by atoms with Crippen LogP contribution in [0.3, 0.4) is 0 Å². The molecule has 0 atom stereocenters. The summed E-state index contributed by atoms with van der Waals surface area (Å²) < 4.78 is 0. The summed E-state index contributed by atoms with van der Waals surface area (Å²) in [6.45, 7) is 9.26. The van der Waals surface area contributed by atoms with Gasteiger partial charge in [0.15, 0.2) is 0 Å². The van der Waals surface area contributed by atoms with Gasteiger partial charge < -0.3 is 14.7 Å². The molecule has 3 aliphatic rings. The molecule has 3 fully saturated rings. The van der Waals surface area contributed by atoms with Crippen molar-refractivity contribution in [2.45, 2.75) is 38.5 Å². The predicted octanol–water partition coefficient (Wildman–Crippen LogP) is 1.89. The van der Waals surface area contributed by atoms with Crippen molar-refractivity contribution in [3.05, 3.63) is 24.3 Å². The Labute approximate surface area is 156 Å². The van der Waals surface area contributed by atoms with Crippen LogP contribution in [0.4, 0.5) is 0 Å². The minimum atomic E-state index is 0.0380. The molecule has 0 aliphatic carbocycles. The molecule has 1 amide bonds. The molecule has 4 heterocycles. The summed E-state index contributed by atoms with van der Waals surface area (Å²) in [6, 6.07) is 0. The van der Waals surface area contributed by atoms with E-state index in [1.807, 2.05) is 4.90 Å². The van der Waals surface area contributed by atoms with Crippen LogP contribution < -0.4 is 0 Å². The maximum atomic E-state index is 12.5. The molecule has 0 saturated carbocycles. The van der Waals surface area contributed by atoms with E-state index in [1.54, 1.807) is 18.6 Å². The molecule has 142 valence electrons. The Balaban J connectivity index is 1.22. The number of carbonyl (C=O) groups excluding carboxylic acids is 1. The molecular formula is C20H31N5O. The quantitative estimate of drug-likeness (QED) is 0.824. The van der Waals surface area contributed by atoms with Crippen molar-refractivity contribution in [1.29, 1.82) is 0 Å². The second-order valence-corrected chi connectivity index (χ2v) is 8.27. The van der Waals surface area contributed by atoms with Gasteiger partial charge in [0.05, 0.1) is 6.20 Å². The Morgan fingerprint density at radius 3 is 2.12 bits per heavy atom. The first kappa shape index (κ1) is 17.9. The number of nitrogens with zero attached hydrogens (tertiary/aromatic N) is 5. The smallest absolute Gasteiger partial charge is 0.274 e. The summed E-state index contributed by atoms with van der Waals surface area (Å²) in [6.07, 6.45) is 12.4. The lowest BCUT2D eigenvalue weighted by Gasteiger charge is -2.47. The number of aromatic nitrogens is 2. The normalized spacial score (nSPS) is 24.2. The summed E-state index contributed by atoms with van der Waals surface area (Å²) in [7, 11) is 0. The average Bonchev–Trinajstić information content (AvgIpc) is 3.22. The molecule has 26 heavy (non-hydrogen) atoms. The predicted molar refractivity (Wildman–Crippen MR) is 101 cm³/mol. The Morgan fingerprint density at radius 1 is 0.885 bits per heavy atom. The van der Waals surface area contributed by atoms with Gasteiger partial charge in [0.25, 0.3) is 5.91 Å². The average molecular weight is 358 g/mol. The van der Waals surface area contributed by atoms with E-state index < -0.39 is 0 Å². The highest BCUT2D eigenvalue weighted by Crippen LogP contribution is 2.41. The van der Waals surface area contributed by atoms with Gasteiger partial charge in [-0.2, -0.15) is 0 Å². The van der Waals surface area contributed by atoms with Gasteiger partial charge in [0.2, 0.25) is 0 Å². The monoisotopic (exact) mass is 357 g/mol. The van der Waals surface area contributed by atoms with Crippen LogP contribution in [0.2, 0.25) is 0 Å². The number of likely N-dealkylation sites (tertiary alicyclic amines) is 3. The zero-order chi connectivity index (χ0) is 17.8. The minimum Gasteiger partial charge on any atom is -0.337 e. The van der Waals surface area contributed by atoms with Gasteiger partial charge in [-0.1, -0.05) is 0 Å². The van der Waals surface area contributed by atoms with Crippen LogP contribution in [-0.4, -0.2) is 82.9 Å². The van der Waals surface area contributed by atoms with Crippen molar-refractivity contribution < 1.29 is 4.79 Å². The number of hydrogen-bond donors (Lipinski definition) is 0. The van der Waals surface area contributed by atoms with Gasteiger partial charge in [-0.15, -0.1) is 0 Å². The highest BCUT2D eigenvalue weighted by Gasteiger charge is 2.38. The molecule has 0 aromatic carbocycles. The van der Waals surface area contributed by atoms with E-state index in [0.29, 0.717) is 11.1 Å². The lowest BCUT2D eigenvalue weighted by Crippen LogP contribution is -2.49. The highest BCUT2D eigenvalue weighted by atomic mass is 16.2. The van der Waals surface area contributed by atoms with Gasteiger partial charge in [-0.3, -0.25) is 9.78 Å². The summed E-state index contributed by atoms with van der Waals surface area (Å²) >= 11 is 0. The van der Waals surface area contributed by atoms with Crippen LogP contribution in [0, 0.1) is 5.41 Å². The van der Waals surface area contributed by atoms with Gasteiger partial charge in [0, 0.05) is 38.6 Å². The molecule has 0 bridgehead atoms. The first-order chi connectivity index (χ1) is 12.7. The second kappa shape index (κ2) is 8.01. The Kier molecular flexibility index (Phi) is 5.50. The second-order valence-electron chi connectivity index (χ2n) is 8.27. The zero-order valence-corrected chi connectivity index (χ0v) is 15.8. The van der Waals surface area contributed by atoms with E-state index in [2.05, 4.69) is 19.8 Å². The fourth-order valence-electron chi connectivity index (χ4n) is 4.80. The van der Waals surface area contributed by atoms with Gasteiger partial charge in [-0.05, 0) is 70.1 Å². The number of rotatable bonds is 4. The third-order valence-electron chi connectivity index (χ3n) is 6.74. The van der Waals surface area contributed by atoms with Crippen molar-refractivity contribution in [3.63, 3.8) is 0 Å². The van der Waals surface area contributed by atoms with Crippen molar-refractivity contribution in [1.82, 2.24) is 24.7 Å². The molecule has 1 aromatic rings. The molecule has 6 nitrogen and oxygen atoms in total. The van der Waals surface area contributed by atoms with E-state index in [9.17, 15) is 4.79 Å². The van der Waals surface area contributed by atoms with Crippen LogP contribution in [0.25, 0.3) is 0 Å². The van der Waals surface area contributed by atoms with Crippen LogP contribution in [0.1, 0.15) is 49.0 Å². The number of hydrogen-bond acceptors (Lipinski definition) is 5. The highest BCUT2D eigenvalue weighted by molar-refractivity contribution is 5.92. The Bertz CT molecular complexity index is 583. The van der Waals surface area contributed by atoms with Crippen LogP contribution >= 0.6 is 0 Å². The molecule has 3 aliphatic heterocycles. The van der Waals surface area contributed by atoms with Gasteiger partial charge in [-0.25, -0.2) is 4.98 Å². The summed E-state index contributed by atoms with van der Waals surface area (Å²) in [5, 5.41) is 0. The van der Waals surface area contributed by atoms with E-state index in [-0.39, 0.29) is 5.91 Å². The number of piperidine rings is 2. The van der Waals surface area contributed by atoms with E-state index in [1.165, 1.54) is 65.0 Å². The Morgan fingerprint density at radius 2 is 1.50 bits per heavy atom. The topological polar surface area (TPSA) is 52.6 Å². The standard InChI is InChI=1S/C20H31N5O/c26-19(18-17-21-7-8-22-18)25-13-5-20(6-14-25)3-11-24(12-4-20)16-15-23-9-1-2-10-23/h7-8,17H,1-6,9-16H2. The maximum absolute atomic E-state index is 12.5. The fourth-order valence-corrected chi connectivity index (χ4v) is 4.80. The Hall–Kier alpha value is -1.53. The third-order valence-corrected chi connectivity index (χ3v) is 6.74. The molecule has 4 rings (SSSR count). The first-order valence-electron chi connectivity index (χ1n) is 10.2. The van der Waals surface area contributed by atoms with Crippen molar-refractivity contribution in [3.8, 4) is 0 Å². The van der Waals surface area contributed by atoms with Crippen LogP contribution in [0.15, 0.2) is 18.6 Å². The lowest BCUT2D eigenvalue weighted by atomic mass is 9.71. The third kappa shape index (κ3) is 4.07. The molecule has 0 radical (unpaired) electrons. The molecule has 0 unspecified atom stereocenters. The molecule has 0 N–H and O–H groups in total. The number of amides is 1. The summed E-state index contributed by atoms with van der Waals surface area (Å²) in [5.74, 6) is 0.0380. The summed E-state index contributed by atoms with van der Waals surface area (Å²) in [5.41, 5.74) is 0.934.